The van der Waals surface area contributed by atoms with Crippen molar-refractivity contribution in [2.45, 2.75) is 69.9 Å². The maximum atomic E-state index is 13.7. The molecule has 1 aliphatic rings. The van der Waals surface area contributed by atoms with E-state index in [4.69, 9.17) is 5.73 Å². The molecule has 13 heteroatoms. The van der Waals surface area contributed by atoms with Gasteiger partial charge in [-0.15, -0.1) is 0 Å². The van der Waals surface area contributed by atoms with E-state index in [0.29, 0.717) is 18.6 Å². The van der Waals surface area contributed by atoms with Gasteiger partial charge in [0, 0.05) is 29.4 Å². The van der Waals surface area contributed by atoms with Crippen LogP contribution in [0.3, 0.4) is 0 Å². The molecule has 0 fully saturated rings. The van der Waals surface area contributed by atoms with Crippen molar-refractivity contribution in [1.29, 1.82) is 0 Å². The Morgan fingerprint density at radius 3 is 2.29 bits per heavy atom. The minimum absolute atomic E-state index is 0.0615. The first-order valence-corrected chi connectivity index (χ1v) is 13.3. The Hall–Kier alpha value is -4.03. The lowest BCUT2D eigenvalue weighted by molar-refractivity contribution is -0.162. The van der Waals surface area contributed by atoms with Crippen molar-refractivity contribution in [3.8, 4) is 0 Å². The quantitative estimate of drug-likeness (QED) is 0.280. The maximum absolute atomic E-state index is 13.7. The van der Waals surface area contributed by atoms with Crippen molar-refractivity contribution in [3.05, 3.63) is 70.4 Å². The van der Waals surface area contributed by atoms with Gasteiger partial charge in [-0.2, -0.15) is 26.3 Å². The predicted octanol–water partition coefficient (Wildman–Crippen LogP) is 4.81. The summed E-state index contributed by atoms with van der Waals surface area (Å²) in [6.45, 7) is 3.39. The largest absolute Gasteiger partial charge is 0.417 e. The molecule has 42 heavy (non-hydrogen) atoms. The third-order valence-corrected chi connectivity index (χ3v) is 7.59. The number of carbonyl (C=O) groups is 3. The topological polar surface area (TPSA) is 117 Å². The molecule has 0 unspecified atom stereocenters. The van der Waals surface area contributed by atoms with Crippen LogP contribution >= 0.6 is 0 Å². The molecule has 5 N–H and O–H groups in total. The van der Waals surface area contributed by atoms with Crippen molar-refractivity contribution in [2.75, 3.05) is 0 Å². The lowest BCUT2D eigenvalue weighted by Crippen LogP contribution is -2.64. The minimum atomic E-state index is -5.25. The molecule has 0 saturated heterocycles. The molecule has 0 spiro atoms. The van der Waals surface area contributed by atoms with E-state index in [1.54, 1.807) is 13.8 Å². The van der Waals surface area contributed by atoms with Gasteiger partial charge in [0.2, 0.25) is 17.7 Å². The van der Waals surface area contributed by atoms with Crippen LogP contribution in [0.15, 0.2) is 42.5 Å². The van der Waals surface area contributed by atoms with Crippen LogP contribution in [-0.2, 0) is 46.0 Å². The molecule has 1 aromatic heterocycles. The highest BCUT2D eigenvalue weighted by Gasteiger charge is 2.45. The number of halogens is 6. The monoisotopic (exact) mass is 596 g/mol. The number of carbonyl (C=O) groups excluding carboxylic acids is 3. The first-order valence-electron chi connectivity index (χ1n) is 13.3. The summed E-state index contributed by atoms with van der Waals surface area (Å²) in [4.78, 5) is 42.2. The predicted molar refractivity (Wildman–Crippen MR) is 142 cm³/mol. The second-order valence-corrected chi connectivity index (χ2v) is 10.9. The Morgan fingerprint density at radius 1 is 1.00 bits per heavy atom. The summed E-state index contributed by atoms with van der Waals surface area (Å²) >= 11 is 0. The number of H-pyrrole nitrogens is 1. The number of benzene rings is 2. The third-order valence-electron chi connectivity index (χ3n) is 7.59. The summed E-state index contributed by atoms with van der Waals surface area (Å²) in [6.07, 6.45) is -10.6. The summed E-state index contributed by atoms with van der Waals surface area (Å²) in [5.74, 6) is -2.44. The van der Waals surface area contributed by atoms with E-state index in [9.17, 15) is 40.7 Å². The molecule has 1 heterocycles. The van der Waals surface area contributed by atoms with Gasteiger partial charge in [0.05, 0.1) is 11.1 Å². The van der Waals surface area contributed by atoms with E-state index >= 15 is 0 Å². The van der Waals surface area contributed by atoms with E-state index in [1.165, 1.54) is 0 Å². The average Bonchev–Trinajstić information content (AvgIpc) is 3.26. The van der Waals surface area contributed by atoms with Crippen LogP contribution in [0, 0.1) is 5.92 Å². The maximum Gasteiger partial charge on any atom is 0.417 e. The Labute approximate surface area is 237 Å². The average molecular weight is 597 g/mol. The van der Waals surface area contributed by atoms with Crippen molar-refractivity contribution in [1.82, 2.24) is 15.6 Å². The number of primary amides is 1. The summed E-state index contributed by atoms with van der Waals surface area (Å²) in [6, 6.07) is 8.01. The number of para-hydroxylation sites is 1. The second kappa shape index (κ2) is 11.3. The molecule has 7 nitrogen and oxygen atoms in total. The number of hydrogen-bond donors (Lipinski definition) is 4. The lowest BCUT2D eigenvalue weighted by Gasteiger charge is -2.38. The standard InChI is InChI=1S/C29H30F6N4O3/c1-15(2)24(25(36)41)38-26(42)27(12-11-22-18(14-27)17-5-3-4-6-21(17)37-22)39-23(40)10-8-16-7-9-19(28(30,31)32)20(13-16)29(33,34)35/h3-7,9,13,15,24,37H,8,10-12,14H2,1-2H3,(H2,36,41)(H,38,42)(H,39,40)/t24-,27+/m0/s1. The molecule has 0 saturated carbocycles. The molecular formula is C29H30F6N4O3. The highest BCUT2D eigenvalue weighted by molar-refractivity contribution is 5.96. The van der Waals surface area contributed by atoms with E-state index < -0.39 is 59.2 Å². The SMILES string of the molecule is CC(C)[C@H](NC(=O)[C@@]1(NC(=O)CCc2ccc(C(F)(F)F)c(C(F)(F)F)c2)CCc2[nH]c3ccccc3c2C1)C(N)=O. The number of hydrogen-bond acceptors (Lipinski definition) is 3. The number of amides is 3. The van der Waals surface area contributed by atoms with Gasteiger partial charge in [-0.3, -0.25) is 14.4 Å². The number of aromatic amines is 1. The first-order chi connectivity index (χ1) is 19.5. The van der Waals surface area contributed by atoms with Gasteiger partial charge in [-0.1, -0.05) is 38.1 Å². The van der Waals surface area contributed by atoms with Crippen LogP contribution in [0.4, 0.5) is 26.3 Å². The van der Waals surface area contributed by atoms with E-state index in [-0.39, 0.29) is 30.7 Å². The van der Waals surface area contributed by atoms with Crippen LogP contribution in [-0.4, -0.2) is 34.3 Å². The normalized spacial score (nSPS) is 18.0. The summed E-state index contributed by atoms with van der Waals surface area (Å²) in [7, 11) is 0. The van der Waals surface area contributed by atoms with Gasteiger partial charge in [-0.25, -0.2) is 0 Å². The van der Waals surface area contributed by atoms with Gasteiger partial charge in [-0.05, 0) is 54.5 Å². The zero-order valence-electron chi connectivity index (χ0n) is 22.8. The number of aryl methyl sites for hydroxylation is 2. The fourth-order valence-electron chi connectivity index (χ4n) is 5.42. The Morgan fingerprint density at radius 2 is 1.67 bits per heavy atom. The molecule has 2 aromatic carbocycles. The van der Waals surface area contributed by atoms with Gasteiger partial charge in [0.1, 0.15) is 11.6 Å². The molecule has 3 amide bonds. The van der Waals surface area contributed by atoms with Crippen LogP contribution in [0.25, 0.3) is 10.9 Å². The van der Waals surface area contributed by atoms with E-state index in [1.807, 2.05) is 24.3 Å². The highest BCUT2D eigenvalue weighted by atomic mass is 19.4. The zero-order valence-corrected chi connectivity index (χ0v) is 22.8. The van der Waals surface area contributed by atoms with Crippen molar-refractivity contribution in [3.63, 3.8) is 0 Å². The fourth-order valence-corrected chi connectivity index (χ4v) is 5.42. The Kier molecular flexibility index (Phi) is 8.34. The van der Waals surface area contributed by atoms with Gasteiger partial charge in [0.25, 0.3) is 0 Å². The molecule has 4 rings (SSSR count). The molecule has 0 radical (unpaired) electrons. The lowest BCUT2D eigenvalue weighted by atomic mass is 9.78. The number of rotatable bonds is 8. The second-order valence-electron chi connectivity index (χ2n) is 10.9. The van der Waals surface area contributed by atoms with Gasteiger partial charge >= 0.3 is 12.4 Å². The fraction of sp³-hybridized carbons (Fsp3) is 0.414. The van der Waals surface area contributed by atoms with Crippen molar-refractivity contribution < 1.29 is 40.7 Å². The number of alkyl halides is 6. The van der Waals surface area contributed by atoms with E-state index in [0.717, 1.165) is 28.2 Å². The number of aromatic nitrogens is 1. The van der Waals surface area contributed by atoms with Crippen LogP contribution in [0.1, 0.15) is 54.6 Å². The zero-order chi connectivity index (χ0) is 31.0. The number of fused-ring (bicyclic) bond motifs is 3. The summed E-state index contributed by atoms with van der Waals surface area (Å²) < 4.78 is 79.5. The van der Waals surface area contributed by atoms with Crippen molar-refractivity contribution >= 4 is 28.6 Å². The summed E-state index contributed by atoms with van der Waals surface area (Å²) in [5, 5.41) is 6.24. The van der Waals surface area contributed by atoms with E-state index in [2.05, 4.69) is 15.6 Å². The highest BCUT2D eigenvalue weighted by Crippen LogP contribution is 2.41. The summed E-state index contributed by atoms with van der Waals surface area (Å²) in [5.41, 5.74) is 2.71. The van der Waals surface area contributed by atoms with Gasteiger partial charge in [0.15, 0.2) is 0 Å². The number of nitrogens with two attached hydrogens (primary N) is 1. The van der Waals surface area contributed by atoms with Crippen molar-refractivity contribution in [2.24, 2.45) is 11.7 Å². The third kappa shape index (κ3) is 6.39. The smallest absolute Gasteiger partial charge is 0.368 e. The van der Waals surface area contributed by atoms with Crippen LogP contribution < -0.4 is 16.4 Å². The molecular weight excluding hydrogens is 566 g/mol. The Bertz CT molecular complexity index is 1510. The molecule has 3 aromatic rings. The number of nitrogens with one attached hydrogen (secondary N) is 3. The van der Waals surface area contributed by atoms with Crippen LogP contribution in [0.5, 0.6) is 0 Å². The molecule has 2 atom stereocenters. The molecule has 1 aliphatic carbocycles. The minimum Gasteiger partial charge on any atom is -0.368 e. The van der Waals surface area contributed by atoms with Crippen LogP contribution in [0.2, 0.25) is 0 Å². The molecule has 0 aliphatic heterocycles. The van der Waals surface area contributed by atoms with Gasteiger partial charge < -0.3 is 21.4 Å². The Balaban J connectivity index is 1.60. The molecule has 226 valence electrons. The molecule has 0 bridgehead atoms. The first kappa shape index (κ1) is 30.9.